The van der Waals surface area contributed by atoms with Crippen molar-refractivity contribution in [3.63, 3.8) is 0 Å². The van der Waals surface area contributed by atoms with Gasteiger partial charge in [-0.3, -0.25) is 4.90 Å². The summed E-state index contributed by atoms with van der Waals surface area (Å²) in [5, 5.41) is 14.3. The molecule has 26 heavy (non-hydrogen) atoms. The van der Waals surface area contributed by atoms with Gasteiger partial charge in [0.15, 0.2) is 0 Å². The fourth-order valence-corrected chi connectivity index (χ4v) is 2.16. The number of hydrogen-bond donors (Lipinski definition) is 2. The molecule has 0 aliphatic heterocycles. The van der Waals surface area contributed by atoms with Crippen LogP contribution in [0.15, 0.2) is 54.6 Å². The molecular formula is C19H20N4O3. The average molecular weight is 352 g/mol. The maximum Gasteiger partial charge on any atom is 0.420 e. The highest BCUT2D eigenvalue weighted by atomic mass is 16.6. The third-order valence-electron chi connectivity index (χ3n) is 3.23. The van der Waals surface area contributed by atoms with Crippen molar-refractivity contribution < 1.29 is 14.3 Å². The van der Waals surface area contributed by atoms with Gasteiger partial charge in [0.2, 0.25) is 0 Å². The smallest absolute Gasteiger partial charge is 0.410 e. The van der Waals surface area contributed by atoms with Gasteiger partial charge in [-0.2, -0.15) is 5.26 Å². The van der Waals surface area contributed by atoms with Gasteiger partial charge in [0.25, 0.3) is 0 Å². The molecule has 0 radical (unpaired) electrons. The minimum Gasteiger partial charge on any atom is -0.410 e. The van der Waals surface area contributed by atoms with Crippen LogP contribution >= 0.6 is 0 Å². The summed E-state index contributed by atoms with van der Waals surface area (Å²) in [6.45, 7) is 3.56. The first-order chi connectivity index (χ1) is 12.5. The molecule has 2 aromatic rings. The van der Waals surface area contributed by atoms with Crippen molar-refractivity contribution in [2.45, 2.75) is 19.9 Å². The molecule has 134 valence electrons. The lowest BCUT2D eigenvalue weighted by molar-refractivity contribution is 0.208. The highest BCUT2D eigenvalue weighted by molar-refractivity contribution is 5.91. The number of rotatable bonds is 5. The van der Waals surface area contributed by atoms with Gasteiger partial charge in [0, 0.05) is 23.5 Å². The zero-order valence-corrected chi connectivity index (χ0v) is 14.6. The highest BCUT2D eigenvalue weighted by Gasteiger charge is 2.18. The number of carbonyl (C=O) groups excluding carboxylic acids is 2. The van der Waals surface area contributed by atoms with Gasteiger partial charge in [-0.15, -0.1) is 0 Å². The molecule has 0 heterocycles. The Hall–Kier alpha value is -3.53. The van der Waals surface area contributed by atoms with Crippen LogP contribution in [0.4, 0.5) is 21.0 Å². The van der Waals surface area contributed by atoms with E-state index >= 15 is 0 Å². The van der Waals surface area contributed by atoms with Crippen molar-refractivity contribution in [1.82, 2.24) is 5.32 Å². The fourth-order valence-electron chi connectivity index (χ4n) is 2.16. The predicted octanol–water partition coefficient (Wildman–Crippen LogP) is 3.75. The number of amides is 3. The monoisotopic (exact) mass is 352 g/mol. The molecule has 0 atom stereocenters. The normalized spacial score (nSPS) is 9.92. The lowest BCUT2D eigenvalue weighted by Gasteiger charge is -2.19. The molecule has 7 heteroatoms. The molecule has 0 aliphatic carbocycles. The quantitative estimate of drug-likeness (QED) is 0.801. The highest BCUT2D eigenvalue weighted by Crippen LogP contribution is 2.20. The van der Waals surface area contributed by atoms with Crippen molar-refractivity contribution in [2.24, 2.45) is 0 Å². The number of benzene rings is 2. The third kappa shape index (κ3) is 5.53. The van der Waals surface area contributed by atoms with Crippen LogP contribution in [-0.4, -0.2) is 24.7 Å². The summed E-state index contributed by atoms with van der Waals surface area (Å²) in [4.78, 5) is 25.4. The molecule has 7 nitrogen and oxygen atoms in total. The van der Waals surface area contributed by atoms with E-state index in [-0.39, 0.29) is 24.4 Å². The molecule has 2 aromatic carbocycles. The third-order valence-corrected chi connectivity index (χ3v) is 3.23. The van der Waals surface area contributed by atoms with Crippen LogP contribution < -0.4 is 20.3 Å². The Morgan fingerprint density at radius 2 is 1.88 bits per heavy atom. The van der Waals surface area contributed by atoms with Gasteiger partial charge < -0.3 is 15.4 Å². The van der Waals surface area contributed by atoms with E-state index in [1.807, 2.05) is 26.0 Å². The van der Waals surface area contributed by atoms with Gasteiger partial charge in [-0.05, 0) is 38.1 Å². The average Bonchev–Trinajstić information content (AvgIpc) is 2.59. The van der Waals surface area contributed by atoms with Crippen LogP contribution in [0.1, 0.15) is 13.8 Å². The molecule has 3 amide bonds. The van der Waals surface area contributed by atoms with E-state index in [0.717, 1.165) is 0 Å². The van der Waals surface area contributed by atoms with E-state index in [0.29, 0.717) is 11.4 Å². The maximum absolute atomic E-state index is 12.4. The SMILES string of the molecule is CC(C)NC(=O)Nc1cccc(OC(=O)N(CC#N)c2ccccc2)c1. The standard InChI is InChI=1S/C19H20N4O3/c1-14(2)21-18(24)22-15-7-6-10-17(13-15)26-19(25)23(12-11-20)16-8-4-3-5-9-16/h3-10,13-14H,12H2,1-2H3,(H2,21,22,24). The van der Waals surface area contributed by atoms with Crippen molar-refractivity contribution in [1.29, 1.82) is 5.26 Å². The molecule has 0 saturated heterocycles. The summed E-state index contributed by atoms with van der Waals surface area (Å²) < 4.78 is 5.35. The van der Waals surface area contributed by atoms with Gasteiger partial charge in [0.05, 0.1) is 6.07 Å². The summed E-state index contributed by atoms with van der Waals surface area (Å²) in [5.74, 6) is 0.260. The number of anilines is 2. The fraction of sp³-hybridized carbons (Fsp3) is 0.211. The maximum atomic E-state index is 12.4. The summed E-state index contributed by atoms with van der Waals surface area (Å²) >= 11 is 0. The second-order valence-corrected chi connectivity index (χ2v) is 5.73. The van der Waals surface area contributed by atoms with Crippen LogP contribution in [0.25, 0.3) is 0 Å². The minimum absolute atomic E-state index is 0.00132. The van der Waals surface area contributed by atoms with Crippen LogP contribution in [0.2, 0.25) is 0 Å². The minimum atomic E-state index is -0.679. The first-order valence-corrected chi connectivity index (χ1v) is 8.08. The largest absolute Gasteiger partial charge is 0.420 e. The van der Waals surface area contributed by atoms with Crippen LogP contribution in [0.5, 0.6) is 5.75 Å². The number of nitrogens with one attached hydrogen (secondary N) is 2. The van der Waals surface area contributed by atoms with Crippen LogP contribution in [0, 0.1) is 11.3 Å². The van der Waals surface area contributed by atoms with E-state index in [1.54, 1.807) is 42.5 Å². The first kappa shape index (κ1) is 18.8. The number of nitrogens with zero attached hydrogens (tertiary/aromatic N) is 2. The number of para-hydroxylation sites is 1. The lowest BCUT2D eigenvalue weighted by Crippen LogP contribution is -2.34. The van der Waals surface area contributed by atoms with Gasteiger partial charge in [-0.25, -0.2) is 9.59 Å². The Morgan fingerprint density at radius 3 is 2.54 bits per heavy atom. The van der Waals surface area contributed by atoms with Gasteiger partial charge in [-0.1, -0.05) is 24.3 Å². The number of nitriles is 1. The molecule has 0 saturated carbocycles. The van der Waals surface area contributed by atoms with Crippen LogP contribution in [-0.2, 0) is 0 Å². The van der Waals surface area contributed by atoms with E-state index in [9.17, 15) is 9.59 Å². The molecule has 0 fully saturated rings. The number of ether oxygens (including phenoxy) is 1. The molecule has 0 bridgehead atoms. The number of hydrogen-bond acceptors (Lipinski definition) is 4. The summed E-state index contributed by atoms with van der Waals surface area (Å²) in [6, 6.07) is 16.9. The van der Waals surface area contributed by atoms with Crippen molar-refractivity contribution >= 4 is 23.5 Å². The Kier molecular flexibility index (Phi) is 6.57. The lowest BCUT2D eigenvalue weighted by atomic mass is 10.3. The number of carbonyl (C=O) groups is 2. The molecule has 2 N–H and O–H groups in total. The predicted molar refractivity (Wildman–Crippen MR) is 99.2 cm³/mol. The zero-order valence-electron chi connectivity index (χ0n) is 14.6. The van der Waals surface area contributed by atoms with Crippen LogP contribution in [0.3, 0.4) is 0 Å². The van der Waals surface area contributed by atoms with E-state index in [1.165, 1.54) is 11.0 Å². The van der Waals surface area contributed by atoms with E-state index < -0.39 is 6.09 Å². The Morgan fingerprint density at radius 1 is 1.15 bits per heavy atom. The Labute approximate surface area is 152 Å². The molecule has 2 rings (SSSR count). The second kappa shape index (κ2) is 9.08. The van der Waals surface area contributed by atoms with Gasteiger partial charge >= 0.3 is 12.1 Å². The zero-order chi connectivity index (χ0) is 18.9. The second-order valence-electron chi connectivity index (χ2n) is 5.73. The van der Waals surface area contributed by atoms with E-state index in [4.69, 9.17) is 10.00 Å². The Balaban J connectivity index is 2.09. The summed E-state index contributed by atoms with van der Waals surface area (Å²) in [6.07, 6.45) is -0.679. The summed E-state index contributed by atoms with van der Waals surface area (Å²) in [5.41, 5.74) is 1.05. The topological polar surface area (TPSA) is 94.5 Å². The molecule has 0 aromatic heterocycles. The molecule has 0 spiro atoms. The molecular weight excluding hydrogens is 332 g/mol. The van der Waals surface area contributed by atoms with Gasteiger partial charge in [0.1, 0.15) is 12.3 Å². The first-order valence-electron chi connectivity index (χ1n) is 8.08. The van der Waals surface area contributed by atoms with Crippen molar-refractivity contribution in [3.05, 3.63) is 54.6 Å². The van der Waals surface area contributed by atoms with Crippen molar-refractivity contribution in [3.8, 4) is 11.8 Å². The summed E-state index contributed by atoms with van der Waals surface area (Å²) in [7, 11) is 0. The van der Waals surface area contributed by atoms with E-state index in [2.05, 4.69) is 10.6 Å². The molecule has 0 aliphatic rings. The van der Waals surface area contributed by atoms with Crippen molar-refractivity contribution in [2.75, 3.05) is 16.8 Å². The number of urea groups is 1. The molecule has 0 unspecified atom stereocenters. The Bertz CT molecular complexity index is 800.